The number of hydrazine groups is 1. The highest BCUT2D eigenvalue weighted by Crippen LogP contribution is 2.31. The van der Waals surface area contributed by atoms with Crippen LogP contribution in [0.15, 0.2) is 24.4 Å². The van der Waals surface area contributed by atoms with Crippen molar-refractivity contribution in [2.75, 3.05) is 6.54 Å². The van der Waals surface area contributed by atoms with E-state index in [-0.39, 0.29) is 0 Å². The van der Waals surface area contributed by atoms with Crippen molar-refractivity contribution in [3.63, 3.8) is 0 Å². The van der Waals surface area contributed by atoms with Gasteiger partial charge in [-0.1, -0.05) is 18.2 Å². The third-order valence-corrected chi connectivity index (χ3v) is 2.98. The first-order valence-corrected chi connectivity index (χ1v) is 4.94. The standard InChI is InChI=1S/C10H17N3/c11-13-7-4-8-2-1-3-10-9(8)5-6-12-10/h1-2,5-6,8-10,12-13H,3-4,7,11H2. The Morgan fingerprint density at radius 1 is 1.46 bits per heavy atom. The molecule has 0 bridgehead atoms. The van der Waals surface area contributed by atoms with E-state index in [4.69, 9.17) is 5.84 Å². The first kappa shape index (κ1) is 8.78. The molecule has 0 amide bonds. The van der Waals surface area contributed by atoms with Gasteiger partial charge in [-0.05, 0) is 25.0 Å². The highest BCUT2D eigenvalue weighted by molar-refractivity contribution is 5.14. The minimum absolute atomic E-state index is 0.632. The third-order valence-electron chi connectivity index (χ3n) is 2.98. The molecule has 1 aliphatic carbocycles. The molecule has 3 atom stereocenters. The zero-order chi connectivity index (χ0) is 9.10. The molecule has 0 saturated carbocycles. The van der Waals surface area contributed by atoms with E-state index >= 15 is 0 Å². The molecular weight excluding hydrogens is 162 g/mol. The van der Waals surface area contributed by atoms with Crippen LogP contribution in [0.3, 0.4) is 0 Å². The zero-order valence-corrected chi connectivity index (χ0v) is 7.74. The molecule has 0 radical (unpaired) electrons. The molecular formula is C10H17N3. The van der Waals surface area contributed by atoms with E-state index in [0.29, 0.717) is 17.9 Å². The molecule has 0 aromatic carbocycles. The molecule has 3 heteroatoms. The van der Waals surface area contributed by atoms with Gasteiger partial charge in [0.15, 0.2) is 0 Å². The quantitative estimate of drug-likeness (QED) is 0.336. The van der Waals surface area contributed by atoms with E-state index in [2.05, 4.69) is 35.2 Å². The molecule has 0 aromatic heterocycles. The number of nitrogens with one attached hydrogen (secondary N) is 2. The lowest BCUT2D eigenvalue weighted by Gasteiger charge is -2.29. The van der Waals surface area contributed by atoms with Gasteiger partial charge in [0.05, 0.1) is 0 Å². The van der Waals surface area contributed by atoms with Crippen molar-refractivity contribution in [2.45, 2.75) is 18.9 Å². The lowest BCUT2D eigenvalue weighted by Crippen LogP contribution is -2.35. The van der Waals surface area contributed by atoms with Gasteiger partial charge in [-0.15, -0.1) is 0 Å². The van der Waals surface area contributed by atoms with Crippen LogP contribution in [-0.4, -0.2) is 12.6 Å². The number of allylic oxidation sites excluding steroid dienone is 1. The third kappa shape index (κ3) is 1.76. The van der Waals surface area contributed by atoms with Crippen LogP contribution in [0, 0.1) is 11.8 Å². The summed E-state index contributed by atoms with van der Waals surface area (Å²) in [6.45, 7) is 0.895. The molecule has 0 spiro atoms. The average Bonchev–Trinajstić information content (AvgIpc) is 2.62. The highest BCUT2D eigenvalue weighted by Gasteiger charge is 2.29. The van der Waals surface area contributed by atoms with Crippen LogP contribution in [-0.2, 0) is 0 Å². The van der Waals surface area contributed by atoms with E-state index < -0.39 is 0 Å². The average molecular weight is 179 g/mol. The fourth-order valence-electron chi connectivity index (χ4n) is 2.27. The summed E-state index contributed by atoms with van der Waals surface area (Å²) in [5, 5.41) is 3.38. The molecule has 4 N–H and O–H groups in total. The van der Waals surface area contributed by atoms with Crippen molar-refractivity contribution >= 4 is 0 Å². The van der Waals surface area contributed by atoms with Crippen molar-refractivity contribution in [3.05, 3.63) is 24.4 Å². The lowest BCUT2D eigenvalue weighted by atomic mass is 9.80. The summed E-state index contributed by atoms with van der Waals surface area (Å²) in [5.74, 6) is 6.61. The van der Waals surface area contributed by atoms with Gasteiger partial charge in [-0.25, -0.2) is 0 Å². The van der Waals surface area contributed by atoms with Crippen molar-refractivity contribution in [2.24, 2.45) is 17.7 Å². The number of nitrogens with two attached hydrogens (primary N) is 1. The van der Waals surface area contributed by atoms with E-state index in [1.54, 1.807) is 0 Å². The Bertz CT molecular complexity index is 222. The van der Waals surface area contributed by atoms with Crippen LogP contribution in [0.2, 0.25) is 0 Å². The highest BCUT2D eigenvalue weighted by atomic mass is 15.2. The number of rotatable bonds is 3. The molecule has 0 fully saturated rings. The first-order chi connectivity index (χ1) is 6.42. The lowest BCUT2D eigenvalue weighted by molar-refractivity contribution is 0.350. The second-order valence-electron chi connectivity index (χ2n) is 3.78. The number of hydrogen-bond acceptors (Lipinski definition) is 3. The van der Waals surface area contributed by atoms with Crippen LogP contribution in [0.1, 0.15) is 12.8 Å². The number of hydrogen-bond donors (Lipinski definition) is 3. The van der Waals surface area contributed by atoms with E-state index in [9.17, 15) is 0 Å². The molecule has 3 nitrogen and oxygen atoms in total. The fraction of sp³-hybridized carbons (Fsp3) is 0.600. The van der Waals surface area contributed by atoms with Gasteiger partial charge in [0.25, 0.3) is 0 Å². The maximum atomic E-state index is 5.28. The maximum Gasteiger partial charge on any atom is 0.0359 e. The van der Waals surface area contributed by atoms with Crippen molar-refractivity contribution in [1.29, 1.82) is 0 Å². The summed E-state index contributed by atoms with van der Waals surface area (Å²) in [5.41, 5.74) is 2.72. The predicted octanol–water partition coefficient (Wildman–Crippen LogP) is 0.518. The molecule has 72 valence electrons. The summed E-state index contributed by atoms with van der Waals surface area (Å²) in [4.78, 5) is 0. The van der Waals surface area contributed by atoms with Crippen LogP contribution >= 0.6 is 0 Å². The van der Waals surface area contributed by atoms with Crippen LogP contribution in [0.25, 0.3) is 0 Å². The summed E-state index contributed by atoms with van der Waals surface area (Å²) in [6, 6.07) is 0.632. The van der Waals surface area contributed by atoms with Crippen molar-refractivity contribution in [3.8, 4) is 0 Å². The van der Waals surface area contributed by atoms with E-state index in [1.807, 2.05) is 0 Å². The van der Waals surface area contributed by atoms with Gasteiger partial charge in [0, 0.05) is 18.5 Å². The van der Waals surface area contributed by atoms with Crippen LogP contribution in [0.4, 0.5) is 0 Å². The van der Waals surface area contributed by atoms with Gasteiger partial charge >= 0.3 is 0 Å². The van der Waals surface area contributed by atoms with Gasteiger partial charge in [-0.3, -0.25) is 11.3 Å². The largest absolute Gasteiger partial charge is 0.387 e. The molecule has 2 aliphatic rings. The Morgan fingerprint density at radius 2 is 2.38 bits per heavy atom. The summed E-state index contributed by atoms with van der Waals surface area (Å²) in [6.07, 6.45) is 11.3. The maximum absolute atomic E-state index is 5.28. The SMILES string of the molecule is NNCCC1C=CCC2NC=CC12. The minimum atomic E-state index is 0.632. The summed E-state index contributed by atoms with van der Waals surface area (Å²) >= 11 is 0. The normalized spacial score (nSPS) is 35.9. The van der Waals surface area contributed by atoms with Crippen molar-refractivity contribution in [1.82, 2.24) is 10.7 Å². The van der Waals surface area contributed by atoms with Gasteiger partial charge in [-0.2, -0.15) is 0 Å². The predicted molar refractivity (Wildman–Crippen MR) is 53.6 cm³/mol. The smallest absolute Gasteiger partial charge is 0.0359 e. The molecule has 1 heterocycles. The Morgan fingerprint density at radius 3 is 3.23 bits per heavy atom. The minimum Gasteiger partial charge on any atom is -0.387 e. The van der Waals surface area contributed by atoms with Crippen LogP contribution < -0.4 is 16.6 Å². The molecule has 0 saturated heterocycles. The van der Waals surface area contributed by atoms with Gasteiger partial charge < -0.3 is 5.32 Å². The van der Waals surface area contributed by atoms with Gasteiger partial charge in [0.1, 0.15) is 0 Å². The zero-order valence-electron chi connectivity index (χ0n) is 7.74. The van der Waals surface area contributed by atoms with Crippen LogP contribution in [0.5, 0.6) is 0 Å². The topological polar surface area (TPSA) is 50.1 Å². The Balaban J connectivity index is 1.96. The summed E-state index contributed by atoms with van der Waals surface area (Å²) in [7, 11) is 0. The van der Waals surface area contributed by atoms with E-state index in [1.165, 1.54) is 0 Å². The Labute approximate surface area is 79.0 Å². The number of fused-ring (bicyclic) bond motifs is 1. The summed E-state index contributed by atoms with van der Waals surface area (Å²) < 4.78 is 0. The fourth-order valence-corrected chi connectivity index (χ4v) is 2.27. The van der Waals surface area contributed by atoms with Gasteiger partial charge in [0.2, 0.25) is 0 Å². The molecule has 1 aliphatic heterocycles. The van der Waals surface area contributed by atoms with E-state index in [0.717, 1.165) is 19.4 Å². The Hall–Kier alpha value is -0.800. The monoisotopic (exact) mass is 179 g/mol. The molecule has 2 rings (SSSR count). The molecule has 0 aromatic rings. The van der Waals surface area contributed by atoms with Crippen molar-refractivity contribution < 1.29 is 0 Å². The molecule has 13 heavy (non-hydrogen) atoms. The second-order valence-corrected chi connectivity index (χ2v) is 3.78. The molecule has 3 unspecified atom stereocenters. The Kier molecular flexibility index (Phi) is 2.66. The second kappa shape index (κ2) is 3.94. The first-order valence-electron chi connectivity index (χ1n) is 4.94.